The zero-order valence-corrected chi connectivity index (χ0v) is 11.2. The zero-order chi connectivity index (χ0) is 14.6. The van der Waals surface area contributed by atoms with Crippen molar-refractivity contribution in [2.45, 2.75) is 33.2 Å². The summed E-state index contributed by atoms with van der Waals surface area (Å²) in [4.78, 5) is 21.2. The smallest absolute Gasteiger partial charge is 0.338 e. The molecule has 19 heavy (non-hydrogen) atoms. The van der Waals surface area contributed by atoms with Crippen LogP contribution in [0.5, 0.6) is 0 Å². The molecule has 0 saturated heterocycles. The molecule has 1 rings (SSSR count). The predicted molar refractivity (Wildman–Crippen MR) is 72.6 cm³/mol. The molecule has 0 fully saturated rings. The molecule has 0 aromatic heterocycles. The number of benzene rings is 1. The Labute approximate surface area is 111 Å². The minimum absolute atomic E-state index is 0.0789. The van der Waals surface area contributed by atoms with Gasteiger partial charge < -0.3 is 10.4 Å². The molecule has 0 aliphatic rings. The molecule has 2 N–H and O–H groups in total. The number of non-ortho nitro benzene ring substituents is 1. The third-order valence-corrected chi connectivity index (χ3v) is 2.67. The normalized spacial score (nSPS) is 12.2. The van der Waals surface area contributed by atoms with E-state index in [9.17, 15) is 14.9 Å². The Bertz CT molecular complexity index is 486. The first-order valence-electron chi connectivity index (χ1n) is 6.09. The van der Waals surface area contributed by atoms with Gasteiger partial charge in [0.15, 0.2) is 0 Å². The Morgan fingerprint density at radius 3 is 2.53 bits per heavy atom. The summed E-state index contributed by atoms with van der Waals surface area (Å²) in [5.41, 5.74) is 0.107. The second-order valence-electron chi connectivity index (χ2n) is 4.97. The molecule has 1 aromatic rings. The van der Waals surface area contributed by atoms with E-state index in [2.05, 4.69) is 19.2 Å². The number of anilines is 1. The van der Waals surface area contributed by atoms with E-state index in [0.717, 1.165) is 12.5 Å². The maximum atomic E-state index is 11.1. The molecule has 0 bridgehead atoms. The number of carboxylic acid groups (broad SMARTS) is 1. The molecule has 6 heteroatoms. The van der Waals surface area contributed by atoms with Crippen LogP contribution in [0, 0.1) is 16.0 Å². The summed E-state index contributed by atoms with van der Waals surface area (Å²) in [6.07, 6.45) is 0.885. The molecule has 0 spiro atoms. The average molecular weight is 266 g/mol. The molecule has 0 saturated carbocycles. The van der Waals surface area contributed by atoms with Gasteiger partial charge in [0.2, 0.25) is 0 Å². The van der Waals surface area contributed by atoms with Crippen LogP contribution in [-0.4, -0.2) is 22.0 Å². The van der Waals surface area contributed by atoms with Crippen LogP contribution < -0.4 is 5.32 Å². The topological polar surface area (TPSA) is 92.5 Å². The lowest BCUT2D eigenvalue weighted by Gasteiger charge is -2.18. The Morgan fingerprint density at radius 2 is 2.05 bits per heavy atom. The molecule has 0 amide bonds. The number of hydrogen-bond acceptors (Lipinski definition) is 4. The summed E-state index contributed by atoms with van der Waals surface area (Å²) in [7, 11) is 0. The number of nitrogens with one attached hydrogen (secondary N) is 1. The number of hydrogen-bond donors (Lipinski definition) is 2. The van der Waals surface area contributed by atoms with Crippen LogP contribution in [0.15, 0.2) is 18.2 Å². The molecule has 6 nitrogen and oxygen atoms in total. The highest BCUT2D eigenvalue weighted by Gasteiger charge is 2.17. The predicted octanol–water partition coefficient (Wildman–Crippen LogP) is 3.14. The van der Waals surface area contributed by atoms with Crippen LogP contribution in [0.2, 0.25) is 0 Å². The van der Waals surface area contributed by atoms with E-state index in [-0.39, 0.29) is 17.3 Å². The van der Waals surface area contributed by atoms with Gasteiger partial charge in [-0.1, -0.05) is 13.8 Å². The Morgan fingerprint density at radius 1 is 1.42 bits per heavy atom. The molecule has 0 radical (unpaired) electrons. The SMILES string of the molecule is CC(C)CC(C)Nc1ccc([N+](=O)[O-])cc1C(=O)O. The van der Waals surface area contributed by atoms with Crippen LogP contribution in [-0.2, 0) is 0 Å². The van der Waals surface area contributed by atoms with Crippen molar-refractivity contribution in [2.24, 2.45) is 5.92 Å². The minimum atomic E-state index is -1.18. The average Bonchev–Trinajstić information content (AvgIpc) is 2.27. The highest BCUT2D eigenvalue weighted by atomic mass is 16.6. The van der Waals surface area contributed by atoms with Crippen molar-refractivity contribution >= 4 is 17.3 Å². The summed E-state index contributed by atoms with van der Waals surface area (Å²) in [6.45, 7) is 6.10. The van der Waals surface area contributed by atoms with Crippen molar-refractivity contribution in [3.63, 3.8) is 0 Å². The zero-order valence-electron chi connectivity index (χ0n) is 11.2. The molecule has 1 aromatic carbocycles. The van der Waals surface area contributed by atoms with Gasteiger partial charge in [-0.15, -0.1) is 0 Å². The number of nitro groups is 1. The largest absolute Gasteiger partial charge is 0.478 e. The van der Waals surface area contributed by atoms with Crippen molar-refractivity contribution in [1.82, 2.24) is 0 Å². The van der Waals surface area contributed by atoms with Gasteiger partial charge in [-0.05, 0) is 25.3 Å². The first-order chi connectivity index (χ1) is 8.81. The van der Waals surface area contributed by atoms with E-state index in [4.69, 9.17) is 5.11 Å². The maximum Gasteiger partial charge on any atom is 0.338 e. The minimum Gasteiger partial charge on any atom is -0.478 e. The van der Waals surface area contributed by atoms with E-state index < -0.39 is 10.9 Å². The standard InChI is InChI=1S/C13H18N2O4/c1-8(2)6-9(3)14-12-5-4-10(15(18)19)7-11(12)13(16)17/h4-5,7-9,14H,6H2,1-3H3,(H,16,17). The monoisotopic (exact) mass is 266 g/mol. The van der Waals surface area contributed by atoms with Gasteiger partial charge in [0, 0.05) is 23.9 Å². The van der Waals surface area contributed by atoms with E-state index in [1.165, 1.54) is 12.1 Å². The van der Waals surface area contributed by atoms with Crippen LogP contribution in [0.25, 0.3) is 0 Å². The summed E-state index contributed by atoms with van der Waals surface area (Å²) in [5, 5.41) is 22.8. The third kappa shape index (κ3) is 4.24. The Hall–Kier alpha value is -2.11. The first-order valence-corrected chi connectivity index (χ1v) is 6.09. The van der Waals surface area contributed by atoms with Crippen LogP contribution >= 0.6 is 0 Å². The Kier molecular flexibility index (Phi) is 4.86. The Balaban J connectivity index is 3.00. The van der Waals surface area contributed by atoms with Crippen molar-refractivity contribution in [3.05, 3.63) is 33.9 Å². The summed E-state index contributed by atoms with van der Waals surface area (Å²) in [5.74, 6) is -0.697. The fourth-order valence-corrected chi connectivity index (χ4v) is 1.98. The second kappa shape index (κ2) is 6.17. The van der Waals surface area contributed by atoms with Crippen LogP contribution in [0.1, 0.15) is 37.6 Å². The van der Waals surface area contributed by atoms with E-state index in [0.29, 0.717) is 11.6 Å². The van der Waals surface area contributed by atoms with E-state index >= 15 is 0 Å². The van der Waals surface area contributed by atoms with Crippen molar-refractivity contribution in [1.29, 1.82) is 0 Å². The van der Waals surface area contributed by atoms with Crippen LogP contribution in [0.3, 0.4) is 0 Å². The molecule has 0 aliphatic heterocycles. The van der Waals surface area contributed by atoms with E-state index in [1.807, 2.05) is 6.92 Å². The molecular weight excluding hydrogens is 248 g/mol. The quantitative estimate of drug-likeness (QED) is 0.609. The molecule has 0 aliphatic carbocycles. The number of carbonyl (C=O) groups is 1. The van der Waals surface area contributed by atoms with Gasteiger partial charge in [-0.3, -0.25) is 10.1 Å². The molecule has 0 heterocycles. The number of nitro benzene ring substituents is 1. The number of rotatable bonds is 6. The lowest BCUT2D eigenvalue weighted by molar-refractivity contribution is -0.384. The highest BCUT2D eigenvalue weighted by Crippen LogP contribution is 2.23. The molecule has 1 atom stereocenters. The number of nitrogens with zero attached hydrogens (tertiary/aromatic N) is 1. The van der Waals surface area contributed by atoms with Gasteiger partial charge in [0.25, 0.3) is 5.69 Å². The van der Waals surface area contributed by atoms with Crippen LogP contribution in [0.4, 0.5) is 11.4 Å². The van der Waals surface area contributed by atoms with Crippen molar-refractivity contribution in [2.75, 3.05) is 5.32 Å². The highest BCUT2D eigenvalue weighted by molar-refractivity contribution is 5.95. The van der Waals surface area contributed by atoms with Crippen molar-refractivity contribution in [3.8, 4) is 0 Å². The van der Waals surface area contributed by atoms with Gasteiger partial charge in [0.1, 0.15) is 0 Å². The summed E-state index contributed by atoms with van der Waals surface area (Å²) in [6, 6.07) is 3.92. The molecule has 1 unspecified atom stereocenters. The van der Waals surface area contributed by atoms with Gasteiger partial charge in [0.05, 0.1) is 10.5 Å². The lowest BCUT2D eigenvalue weighted by atomic mass is 10.0. The van der Waals surface area contributed by atoms with Gasteiger partial charge >= 0.3 is 5.97 Å². The van der Waals surface area contributed by atoms with Gasteiger partial charge in [-0.2, -0.15) is 0 Å². The van der Waals surface area contributed by atoms with Crippen molar-refractivity contribution < 1.29 is 14.8 Å². The molecule has 104 valence electrons. The first kappa shape index (κ1) is 14.9. The summed E-state index contributed by atoms with van der Waals surface area (Å²) < 4.78 is 0. The van der Waals surface area contributed by atoms with Gasteiger partial charge in [-0.25, -0.2) is 4.79 Å². The fraction of sp³-hybridized carbons (Fsp3) is 0.462. The second-order valence-corrected chi connectivity index (χ2v) is 4.97. The fourth-order valence-electron chi connectivity index (χ4n) is 1.98. The third-order valence-electron chi connectivity index (χ3n) is 2.67. The molecular formula is C13H18N2O4. The summed E-state index contributed by atoms with van der Waals surface area (Å²) >= 11 is 0. The number of carboxylic acids is 1. The number of aromatic carboxylic acids is 1. The van der Waals surface area contributed by atoms with E-state index in [1.54, 1.807) is 0 Å². The lowest BCUT2D eigenvalue weighted by Crippen LogP contribution is -2.19. The maximum absolute atomic E-state index is 11.1.